The Balaban J connectivity index is 0.000000230. The Hall–Kier alpha value is -0.351. The van der Waals surface area contributed by atoms with Crippen molar-refractivity contribution >= 4 is 33.9 Å². The van der Waals surface area contributed by atoms with Gasteiger partial charge in [0.05, 0.1) is 4.88 Å². The van der Waals surface area contributed by atoms with Gasteiger partial charge in [0.15, 0.2) is 5.38 Å². The molecule has 1 heterocycles. The van der Waals surface area contributed by atoms with Crippen LogP contribution in [-0.2, 0) is 17.1 Å². The summed E-state index contributed by atoms with van der Waals surface area (Å²) in [6.07, 6.45) is 0. The van der Waals surface area contributed by atoms with Crippen LogP contribution < -0.4 is 0 Å². The van der Waals surface area contributed by atoms with Gasteiger partial charge in [0.25, 0.3) is 0 Å². The van der Waals surface area contributed by atoms with Gasteiger partial charge in [-0.1, -0.05) is 6.07 Å². The molecule has 0 aliphatic rings. The van der Waals surface area contributed by atoms with Crippen molar-refractivity contribution < 1.29 is 17.1 Å². The topological polar surface area (TPSA) is 0 Å². The number of halogens is 1. The first-order valence-corrected chi connectivity index (χ1v) is 7.37. The Morgan fingerprint density at radius 1 is 1.17 bits per heavy atom. The molecule has 0 fully saturated rings. The summed E-state index contributed by atoms with van der Waals surface area (Å²) in [5.41, 5.74) is 2.78. The molecular weight excluding hydrogens is 395 g/mol. The zero-order valence-corrected chi connectivity index (χ0v) is 14.0. The molecule has 3 aromatic rings. The molecule has 0 atom stereocenters. The van der Waals surface area contributed by atoms with E-state index in [1.54, 1.807) is 11.3 Å². The van der Waals surface area contributed by atoms with E-state index in [0.717, 1.165) is 0 Å². The molecule has 0 nitrogen and oxygen atoms in total. The van der Waals surface area contributed by atoms with Gasteiger partial charge in [-0.3, -0.25) is 6.07 Å². The first-order valence-electron chi connectivity index (χ1n) is 5.41. The minimum atomic E-state index is 0. The Morgan fingerprint density at radius 3 is 2.28 bits per heavy atom. The van der Waals surface area contributed by atoms with Gasteiger partial charge < -0.3 is 0 Å². The average molecular weight is 408 g/mol. The molecule has 3 heteroatoms. The molecule has 2 aromatic carbocycles. The molecule has 0 aliphatic carbocycles. The van der Waals surface area contributed by atoms with Crippen LogP contribution in [0.2, 0.25) is 0 Å². The normalized spacial score (nSPS) is 9.22. The van der Waals surface area contributed by atoms with Gasteiger partial charge in [-0.2, -0.15) is 40.8 Å². The van der Waals surface area contributed by atoms with Crippen molar-refractivity contribution in [1.82, 2.24) is 0 Å². The van der Waals surface area contributed by atoms with Crippen molar-refractivity contribution in [3.63, 3.8) is 0 Å². The molecule has 0 N–H and O–H groups in total. The Labute approximate surface area is 136 Å². The largest absolute Gasteiger partial charge is 2.00 e. The van der Waals surface area contributed by atoms with Crippen LogP contribution in [0.5, 0.6) is 0 Å². The number of aryl methyl sites for hydroxylation is 1. The van der Waals surface area contributed by atoms with Crippen LogP contribution in [0.15, 0.2) is 60.0 Å². The van der Waals surface area contributed by atoms with Crippen LogP contribution in [-0.4, -0.2) is 0 Å². The van der Waals surface area contributed by atoms with Crippen LogP contribution in [0.25, 0.3) is 10.4 Å². The van der Waals surface area contributed by atoms with Gasteiger partial charge in [-0.05, 0) is 6.07 Å². The molecule has 0 saturated heterocycles. The third-order valence-corrected chi connectivity index (χ3v) is 4.22. The minimum Gasteiger partial charge on any atom is -0.281 e. The number of rotatable bonds is 1. The molecule has 0 aliphatic heterocycles. The Bertz CT molecular complexity index is 498. The van der Waals surface area contributed by atoms with Crippen molar-refractivity contribution in [2.24, 2.45) is 0 Å². The fourth-order valence-corrected chi connectivity index (χ4v) is 3.54. The second-order valence-electron chi connectivity index (χ2n) is 3.68. The number of thiophene rings is 1. The van der Waals surface area contributed by atoms with Crippen LogP contribution in [0.3, 0.4) is 0 Å². The van der Waals surface area contributed by atoms with Gasteiger partial charge in [0.2, 0.25) is 0 Å². The molecule has 3 rings (SSSR count). The molecule has 94 valence electrons. The van der Waals surface area contributed by atoms with Crippen molar-refractivity contribution in [2.45, 2.75) is 6.92 Å². The maximum atomic E-state index is 2.39. The fourth-order valence-electron chi connectivity index (χ4n) is 1.61. The smallest absolute Gasteiger partial charge is 0.281 e. The standard InChI is InChI=1S/C10H8IS.C5H5.Fe/c1-7-4-5-8(11)10(7)9-3-2-6-12-9;1-2-4-5-3-1;/h2-6H,1H3;1-5H;/q2*-1;+2. The second-order valence-corrected chi connectivity index (χ2v) is 5.79. The third kappa shape index (κ3) is 4.09. The van der Waals surface area contributed by atoms with E-state index in [1.165, 1.54) is 19.6 Å². The molecule has 0 amide bonds. The van der Waals surface area contributed by atoms with Crippen molar-refractivity contribution in [3.05, 3.63) is 69.1 Å². The summed E-state index contributed by atoms with van der Waals surface area (Å²) in [6, 6.07) is 18.6. The summed E-state index contributed by atoms with van der Waals surface area (Å²) in [4.78, 5) is 1.38. The molecular formula is C15H13FeIS. The maximum Gasteiger partial charge on any atom is 2.00 e. The van der Waals surface area contributed by atoms with E-state index in [2.05, 4.69) is 59.2 Å². The maximum absolute atomic E-state index is 2.39. The SMILES string of the molecule is C[c-]1ccc(I)c1-[c-]1ccc[s+]1.[Fe+2].c1cc[cH-]c1. The molecule has 0 spiro atoms. The Morgan fingerprint density at radius 2 is 1.89 bits per heavy atom. The van der Waals surface area contributed by atoms with Crippen molar-refractivity contribution in [2.75, 3.05) is 0 Å². The first-order chi connectivity index (χ1) is 8.29. The van der Waals surface area contributed by atoms with E-state index in [4.69, 9.17) is 0 Å². The van der Waals surface area contributed by atoms with Crippen molar-refractivity contribution in [1.29, 1.82) is 0 Å². The van der Waals surface area contributed by atoms with Crippen LogP contribution >= 0.6 is 33.9 Å². The summed E-state index contributed by atoms with van der Waals surface area (Å²) in [6.45, 7) is 2.16. The molecule has 18 heavy (non-hydrogen) atoms. The zero-order valence-electron chi connectivity index (χ0n) is 9.91. The zero-order chi connectivity index (χ0) is 12.1. The Kier molecular flexibility index (Phi) is 6.94. The minimum absolute atomic E-state index is 0. The summed E-state index contributed by atoms with van der Waals surface area (Å²) in [5.74, 6) is 0. The van der Waals surface area contributed by atoms with Crippen LogP contribution in [0, 0.1) is 10.5 Å². The van der Waals surface area contributed by atoms with Gasteiger partial charge >= 0.3 is 17.1 Å². The van der Waals surface area contributed by atoms with E-state index < -0.39 is 0 Å². The number of hydrogen-bond acceptors (Lipinski definition) is 0. The van der Waals surface area contributed by atoms with Gasteiger partial charge in [0.1, 0.15) is 11.3 Å². The van der Waals surface area contributed by atoms with E-state index in [9.17, 15) is 0 Å². The molecule has 0 unspecified atom stereocenters. The van der Waals surface area contributed by atoms with Crippen LogP contribution in [0.1, 0.15) is 5.56 Å². The summed E-state index contributed by atoms with van der Waals surface area (Å²) in [5, 5.41) is 2.12. The van der Waals surface area contributed by atoms with E-state index >= 15 is 0 Å². The molecule has 0 bridgehead atoms. The van der Waals surface area contributed by atoms with Gasteiger partial charge in [-0.25, -0.2) is 32.9 Å². The summed E-state index contributed by atoms with van der Waals surface area (Å²) in [7, 11) is 0. The fraction of sp³-hybridized carbons (Fsp3) is 0.0667. The van der Waals surface area contributed by atoms with E-state index in [1.807, 2.05) is 30.3 Å². The first kappa shape index (κ1) is 15.7. The molecule has 0 saturated carbocycles. The van der Waals surface area contributed by atoms with E-state index in [0.29, 0.717) is 0 Å². The van der Waals surface area contributed by atoms with Crippen molar-refractivity contribution in [3.8, 4) is 10.4 Å². The summed E-state index contributed by atoms with van der Waals surface area (Å²) >= 11 is 4.19. The molecule has 1 aromatic heterocycles. The van der Waals surface area contributed by atoms with E-state index in [-0.39, 0.29) is 17.1 Å². The monoisotopic (exact) mass is 408 g/mol. The summed E-state index contributed by atoms with van der Waals surface area (Å²) < 4.78 is 1.35. The average Bonchev–Trinajstić information content (AvgIpc) is 3.02. The van der Waals surface area contributed by atoms with Crippen LogP contribution in [0.4, 0.5) is 0 Å². The predicted octanol–water partition coefficient (Wildman–Crippen LogP) is 5.45. The second kappa shape index (κ2) is 7.95. The third-order valence-electron chi connectivity index (χ3n) is 2.44. The van der Waals surface area contributed by atoms with Gasteiger partial charge in [-0.15, -0.1) is 6.92 Å². The van der Waals surface area contributed by atoms with Gasteiger partial charge in [0, 0.05) is 0 Å². The predicted molar refractivity (Wildman–Crippen MR) is 84.8 cm³/mol. The quantitative estimate of drug-likeness (QED) is 0.218. The molecule has 0 radical (unpaired) electrons. The number of hydrogen-bond donors (Lipinski definition) is 0.